The van der Waals surface area contributed by atoms with E-state index in [1.54, 1.807) is 30.3 Å². The molecule has 0 unspecified atom stereocenters. The third kappa shape index (κ3) is 5.62. The van der Waals surface area contributed by atoms with Crippen LogP contribution in [0.15, 0.2) is 48.5 Å². The van der Waals surface area contributed by atoms with Crippen molar-refractivity contribution >= 4 is 17.5 Å². The smallest absolute Gasteiger partial charge is 0.255 e. The topological polar surface area (TPSA) is 67.4 Å². The molecule has 5 heteroatoms. The minimum atomic E-state index is -0.345. The van der Waals surface area contributed by atoms with Crippen LogP contribution in [-0.4, -0.2) is 23.5 Å². The standard InChI is InChI=1S/C21H26N2O3/c1-14(2)26-18-12-7-6-11-17(18)22-19(24)15-9-8-10-16(13-15)20(25)23-21(3,4)5/h6-14H,1-5H3,(H,22,24)(H,23,25). The molecular weight excluding hydrogens is 328 g/mol. The molecule has 2 rings (SSSR count). The van der Waals surface area contributed by atoms with E-state index in [-0.39, 0.29) is 23.5 Å². The van der Waals surface area contributed by atoms with Crippen molar-refractivity contribution in [1.29, 1.82) is 0 Å². The van der Waals surface area contributed by atoms with E-state index in [4.69, 9.17) is 4.74 Å². The van der Waals surface area contributed by atoms with Gasteiger partial charge in [0.2, 0.25) is 0 Å². The van der Waals surface area contributed by atoms with Gasteiger partial charge in [-0.15, -0.1) is 0 Å². The Kier molecular flexibility index (Phi) is 6.03. The summed E-state index contributed by atoms with van der Waals surface area (Å²) >= 11 is 0. The number of benzene rings is 2. The zero-order valence-electron chi connectivity index (χ0n) is 15.9. The van der Waals surface area contributed by atoms with Gasteiger partial charge in [-0.2, -0.15) is 0 Å². The molecule has 2 N–H and O–H groups in total. The minimum absolute atomic E-state index is 0.00234. The van der Waals surface area contributed by atoms with Crippen LogP contribution < -0.4 is 15.4 Å². The Bertz CT molecular complexity index is 792. The quantitative estimate of drug-likeness (QED) is 0.843. The first kappa shape index (κ1) is 19.5. The highest BCUT2D eigenvalue weighted by atomic mass is 16.5. The van der Waals surface area contributed by atoms with E-state index in [1.165, 1.54) is 0 Å². The van der Waals surface area contributed by atoms with E-state index in [0.29, 0.717) is 22.6 Å². The molecule has 5 nitrogen and oxygen atoms in total. The molecule has 0 aliphatic heterocycles. The molecule has 0 bridgehead atoms. The lowest BCUT2D eigenvalue weighted by atomic mass is 10.1. The number of rotatable bonds is 5. The lowest BCUT2D eigenvalue weighted by Crippen LogP contribution is -2.40. The predicted octanol–water partition coefficient (Wildman–Crippen LogP) is 4.25. The van der Waals surface area contributed by atoms with Crippen LogP contribution in [0.3, 0.4) is 0 Å². The molecule has 0 aliphatic carbocycles. The van der Waals surface area contributed by atoms with Crippen LogP contribution in [0.5, 0.6) is 5.75 Å². The van der Waals surface area contributed by atoms with Crippen molar-refractivity contribution in [2.75, 3.05) is 5.32 Å². The predicted molar refractivity (Wildman–Crippen MR) is 104 cm³/mol. The van der Waals surface area contributed by atoms with E-state index in [2.05, 4.69) is 10.6 Å². The molecule has 138 valence electrons. The van der Waals surface area contributed by atoms with Crippen molar-refractivity contribution in [1.82, 2.24) is 5.32 Å². The average molecular weight is 354 g/mol. The number of carbonyl (C=O) groups is 2. The lowest BCUT2D eigenvalue weighted by molar-refractivity contribution is 0.0919. The van der Waals surface area contributed by atoms with Crippen LogP contribution in [-0.2, 0) is 0 Å². The van der Waals surface area contributed by atoms with Crippen LogP contribution in [0, 0.1) is 0 Å². The summed E-state index contributed by atoms with van der Waals surface area (Å²) in [6, 6.07) is 13.9. The fourth-order valence-electron chi connectivity index (χ4n) is 2.34. The fraction of sp³-hybridized carbons (Fsp3) is 0.333. The van der Waals surface area contributed by atoms with Gasteiger partial charge in [0, 0.05) is 16.7 Å². The van der Waals surface area contributed by atoms with Gasteiger partial charge in [0.1, 0.15) is 5.75 Å². The summed E-state index contributed by atoms with van der Waals surface area (Å²) < 4.78 is 5.72. The number of amides is 2. The van der Waals surface area contributed by atoms with Crippen LogP contribution in [0.4, 0.5) is 5.69 Å². The first-order valence-corrected chi connectivity index (χ1v) is 8.65. The number of carbonyl (C=O) groups excluding carboxylic acids is 2. The van der Waals surface area contributed by atoms with Gasteiger partial charge in [-0.25, -0.2) is 0 Å². The highest BCUT2D eigenvalue weighted by Crippen LogP contribution is 2.25. The van der Waals surface area contributed by atoms with Gasteiger partial charge in [-0.1, -0.05) is 18.2 Å². The van der Waals surface area contributed by atoms with Gasteiger partial charge in [-0.3, -0.25) is 9.59 Å². The summed E-state index contributed by atoms with van der Waals surface area (Å²) in [5, 5.41) is 5.74. The number of nitrogens with one attached hydrogen (secondary N) is 2. The van der Waals surface area contributed by atoms with Gasteiger partial charge in [-0.05, 0) is 65.0 Å². The maximum atomic E-state index is 12.6. The van der Waals surface area contributed by atoms with E-state index in [1.807, 2.05) is 52.8 Å². The summed E-state index contributed by atoms with van der Waals surface area (Å²) in [5.74, 6) is 0.100. The monoisotopic (exact) mass is 354 g/mol. The molecular formula is C21H26N2O3. The summed E-state index contributed by atoms with van der Waals surface area (Å²) in [7, 11) is 0. The molecule has 0 saturated carbocycles. The third-order valence-corrected chi connectivity index (χ3v) is 3.37. The van der Waals surface area contributed by atoms with Crippen LogP contribution in [0.1, 0.15) is 55.3 Å². The second-order valence-corrected chi connectivity index (χ2v) is 7.40. The van der Waals surface area contributed by atoms with Gasteiger partial charge < -0.3 is 15.4 Å². The Morgan fingerprint density at radius 1 is 0.923 bits per heavy atom. The number of hydrogen-bond acceptors (Lipinski definition) is 3. The Labute approximate surface area is 154 Å². The third-order valence-electron chi connectivity index (χ3n) is 3.37. The fourth-order valence-corrected chi connectivity index (χ4v) is 2.34. The Balaban J connectivity index is 2.19. The molecule has 26 heavy (non-hydrogen) atoms. The molecule has 0 aromatic heterocycles. The summed E-state index contributed by atoms with van der Waals surface area (Å²) in [6.45, 7) is 9.58. The van der Waals surface area contributed by atoms with Crippen LogP contribution in [0.2, 0.25) is 0 Å². The zero-order valence-corrected chi connectivity index (χ0v) is 15.9. The molecule has 0 fully saturated rings. The zero-order chi connectivity index (χ0) is 19.3. The maximum Gasteiger partial charge on any atom is 0.255 e. The molecule has 2 aromatic carbocycles. The first-order valence-electron chi connectivity index (χ1n) is 8.65. The van der Waals surface area contributed by atoms with E-state index in [9.17, 15) is 9.59 Å². The van der Waals surface area contributed by atoms with Crippen LogP contribution in [0.25, 0.3) is 0 Å². The second kappa shape index (κ2) is 8.04. The molecule has 2 amide bonds. The summed E-state index contributed by atoms with van der Waals surface area (Å²) in [4.78, 5) is 24.9. The lowest BCUT2D eigenvalue weighted by Gasteiger charge is -2.20. The van der Waals surface area contributed by atoms with Crippen LogP contribution >= 0.6 is 0 Å². The summed E-state index contributed by atoms with van der Waals surface area (Å²) in [6.07, 6.45) is -0.00234. The Morgan fingerprint density at radius 2 is 1.54 bits per heavy atom. The van der Waals surface area contributed by atoms with Crippen molar-refractivity contribution in [2.45, 2.75) is 46.3 Å². The maximum absolute atomic E-state index is 12.6. The normalized spacial score (nSPS) is 11.2. The van der Waals surface area contributed by atoms with Crippen molar-refractivity contribution in [3.05, 3.63) is 59.7 Å². The highest BCUT2D eigenvalue weighted by Gasteiger charge is 2.17. The minimum Gasteiger partial charge on any atom is -0.489 e. The second-order valence-electron chi connectivity index (χ2n) is 7.40. The number of ether oxygens (including phenoxy) is 1. The van der Waals surface area contributed by atoms with E-state index >= 15 is 0 Å². The molecule has 0 spiro atoms. The molecule has 2 aromatic rings. The molecule has 0 atom stereocenters. The van der Waals surface area contributed by atoms with Gasteiger partial charge >= 0.3 is 0 Å². The summed E-state index contributed by atoms with van der Waals surface area (Å²) in [5.41, 5.74) is 1.10. The van der Waals surface area contributed by atoms with Crippen molar-refractivity contribution in [3.63, 3.8) is 0 Å². The van der Waals surface area contributed by atoms with Crippen molar-refractivity contribution in [3.8, 4) is 5.75 Å². The average Bonchev–Trinajstić information content (AvgIpc) is 2.54. The van der Waals surface area contributed by atoms with Crippen molar-refractivity contribution < 1.29 is 14.3 Å². The van der Waals surface area contributed by atoms with Crippen molar-refractivity contribution in [2.24, 2.45) is 0 Å². The van der Waals surface area contributed by atoms with Gasteiger partial charge in [0.25, 0.3) is 11.8 Å². The Morgan fingerprint density at radius 3 is 2.15 bits per heavy atom. The largest absolute Gasteiger partial charge is 0.489 e. The molecule has 0 aliphatic rings. The number of anilines is 1. The first-order chi connectivity index (χ1) is 12.2. The highest BCUT2D eigenvalue weighted by molar-refractivity contribution is 6.06. The number of hydrogen-bond donors (Lipinski definition) is 2. The van der Waals surface area contributed by atoms with Gasteiger partial charge in [0.05, 0.1) is 11.8 Å². The molecule has 0 radical (unpaired) electrons. The van der Waals surface area contributed by atoms with E-state index < -0.39 is 0 Å². The molecule has 0 saturated heterocycles. The SMILES string of the molecule is CC(C)Oc1ccccc1NC(=O)c1cccc(C(=O)NC(C)(C)C)c1. The Hall–Kier alpha value is -2.82. The van der Waals surface area contributed by atoms with E-state index in [0.717, 1.165) is 0 Å². The number of para-hydroxylation sites is 2. The van der Waals surface area contributed by atoms with Gasteiger partial charge in [0.15, 0.2) is 0 Å². The molecule has 0 heterocycles.